The van der Waals surface area contributed by atoms with Crippen molar-refractivity contribution >= 4 is 16.9 Å². The van der Waals surface area contributed by atoms with E-state index in [1.807, 2.05) is 6.08 Å². The molecule has 0 fully saturated rings. The smallest absolute Gasteiger partial charge is 0.0415 e. The van der Waals surface area contributed by atoms with Crippen LogP contribution in [0.2, 0.25) is 0 Å². The van der Waals surface area contributed by atoms with Crippen LogP contribution in [0.15, 0.2) is 170 Å². The zero-order chi connectivity index (χ0) is 34.0. The van der Waals surface area contributed by atoms with Gasteiger partial charge in [-0.3, -0.25) is 0 Å². The number of allylic oxidation sites excluding steroid dienone is 4. The first kappa shape index (κ1) is 31.9. The molecule has 0 radical (unpaired) electrons. The van der Waals surface area contributed by atoms with Crippen molar-refractivity contribution in [2.45, 2.75) is 33.1 Å². The highest BCUT2D eigenvalue weighted by Crippen LogP contribution is 2.49. The topological polar surface area (TPSA) is 3.24 Å². The normalized spacial score (nSPS) is 13.3. The quantitative estimate of drug-likeness (QED) is 0.143. The van der Waals surface area contributed by atoms with Crippen LogP contribution in [0.3, 0.4) is 0 Å². The summed E-state index contributed by atoms with van der Waals surface area (Å²) in [5.41, 5.74) is 17.7. The van der Waals surface area contributed by atoms with Gasteiger partial charge < -0.3 is 4.90 Å². The van der Waals surface area contributed by atoms with Crippen molar-refractivity contribution in [3.05, 3.63) is 198 Å². The second kappa shape index (κ2) is 13.5. The van der Waals surface area contributed by atoms with Gasteiger partial charge in [0.25, 0.3) is 0 Å². The van der Waals surface area contributed by atoms with Crippen LogP contribution >= 0.6 is 0 Å². The Morgan fingerprint density at radius 2 is 1.22 bits per heavy atom. The highest BCUT2D eigenvalue weighted by molar-refractivity contribution is 5.85. The van der Waals surface area contributed by atoms with Crippen LogP contribution in [0.25, 0.3) is 39.0 Å². The summed E-state index contributed by atoms with van der Waals surface area (Å²) in [4.78, 5) is 2.36. The van der Waals surface area contributed by atoms with Crippen LogP contribution in [0.4, 0.5) is 11.4 Å². The van der Waals surface area contributed by atoms with Gasteiger partial charge in [0.15, 0.2) is 0 Å². The van der Waals surface area contributed by atoms with Gasteiger partial charge in [-0.25, -0.2) is 0 Å². The summed E-state index contributed by atoms with van der Waals surface area (Å²) in [6.45, 7) is 13.8. The largest absolute Gasteiger partial charge is 0.338 e. The molecular weight excluding hydrogens is 591 g/mol. The number of benzene rings is 6. The first-order chi connectivity index (χ1) is 23.8. The van der Waals surface area contributed by atoms with Crippen LogP contribution in [0, 0.1) is 13.8 Å². The third kappa shape index (κ3) is 6.21. The van der Waals surface area contributed by atoms with Crippen LogP contribution < -0.4 is 4.90 Å². The summed E-state index contributed by atoms with van der Waals surface area (Å²) in [6, 6.07) is 50.8. The van der Waals surface area contributed by atoms with E-state index in [1.54, 1.807) is 0 Å². The lowest BCUT2D eigenvalue weighted by molar-refractivity contribution is 0.660. The fraction of sp³-hybridized carbons (Fsp3) is 0.125. The number of anilines is 2. The highest BCUT2D eigenvalue weighted by Gasteiger charge is 2.35. The highest BCUT2D eigenvalue weighted by atomic mass is 15.1. The van der Waals surface area contributed by atoms with Gasteiger partial charge in [0, 0.05) is 23.3 Å². The molecule has 240 valence electrons. The van der Waals surface area contributed by atoms with E-state index in [4.69, 9.17) is 0 Å². The van der Waals surface area contributed by atoms with Crippen molar-refractivity contribution in [1.82, 2.24) is 0 Å². The van der Waals surface area contributed by atoms with Crippen molar-refractivity contribution in [3.8, 4) is 33.4 Å². The lowest BCUT2D eigenvalue weighted by Crippen LogP contribution is -2.16. The van der Waals surface area contributed by atoms with Crippen molar-refractivity contribution < 1.29 is 0 Å². The van der Waals surface area contributed by atoms with Crippen molar-refractivity contribution in [2.75, 3.05) is 11.4 Å². The maximum atomic E-state index is 4.04. The van der Waals surface area contributed by atoms with Crippen molar-refractivity contribution in [1.29, 1.82) is 0 Å². The Kier molecular flexibility index (Phi) is 8.76. The molecule has 0 N–H and O–H groups in total. The fourth-order valence-electron chi connectivity index (χ4n) is 7.31. The first-order valence-electron chi connectivity index (χ1n) is 17.2. The van der Waals surface area contributed by atoms with Gasteiger partial charge in [-0.1, -0.05) is 148 Å². The van der Waals surface area contributed by atoms with Crippen molar-refractivity contribution in [2.24, 2.45) is 0 Å². The van der Waals surface area contributed by atoms with E-state index in [0.29, 0.717) is 0 Å². The number of hydrogen-bond acceptors (Lipinski definition) is 1. The summed E-state index contributed by atoms with van der Waals surface area (Å²) in [5.74, 6) is 0. The third-order valence-electron chi connectivity index (χ3n) is 10.1. The van der Waals surface area contributed by atoms with E-state index >= 15 is 0 Å². The molecular formula is C48H43N. The van der Waals surface area contributed by atoms with E-state index in [9.17, 15) is 0 Å². The zero-order valence-corrected chi connectivity index (χ0v) is 28.9. The van der Waals surface area contributed by atoms with E-state index < -0.39 is 0 Å². The van der Waals surface area contributed by atoms with E-state index in [-0.39, 0.29) is 5.41 Å². The Labute approximate surface area is 292 Å². The van der Waals surface area contributed by atoms with Gasteiger partial charge in [0.1, 0.15) is 0 Å². The molecule has 0 heterocycles. The minimum absolute atomic E-state index is 0.0398. The van der Waals surface area contributed by atoms with Crippen LogP contribution in [-0.2, 0) is 5.41 Å². The molecule has 0 saturated heterocycles. The molecule has 0 saturated carbocycles. The molecule has 0 aromatic heterocycles. The number of aryl methyl sites for hydroxylation is 2. The number of fused-ring (bicyclic) bond motifs is 3. The Bertz CT molecular complexity index is 2200. The Morgan fingerprint density at radius 1 is 0.592 bits per heavy atom. The molecule has 0 unspecified atom stereocenters. The molecule has 6 aromatic rings. The van der Waals surface area contributed by atoms with Gasteiger partial charge in [-0.15, -0.1) is 0 Å². The fourth-order valence-corrected chi connectivity index (χ4v) is 7.31. The molecule has 0 bridgehead atoms. The van der Waals surface area contributed by atoms with Gasteiger partial charge in [-0.2, -0.15) is 0 Å². The second-order valence-corrected chi connectivity index (χ2v) is 13.5. The molecule has 0 amide bonds. The summed E-state index contributed by atoms with van der Waals surface area (Å²) in [7, 11) is 0. The van der Waals surface area contributed by atoms with Gasteiger partial charge in [0.05, 0.1) is 0 Å². The summed E-state index contributed by atoms with van der Waals surface area (Å²) >= 11 is 0. The number of hydrogen-bond donors (Lipinski definition) is 0. The van der Waals surface area contributed by atoms with Gasteiger partial charge in [0.2, 0.25) is 0 Å². The average Bonchev–Trinajstić information content (AvgIpc) is 3.36. The molecule has 1 heteroatoms. The molecule has 0 aliphatic heterocycles. The molecule has 0 atom stereocenters. The van der Waals surface area contributed by atoms with Gasteiger partial charge >= 0.3 is 0 Å². The molecule has 7 rings (SSSR count). The van der Waals surface area contributed by atoms with E-state index in [1.165, 1.54) is 61.2 Å². The Hall–Kier alpha value is -5.66. The molecule has 1 nitrogen and oxygen atoms in total. The van der Waals surface area contributed by atoms with Crippen LogP contribution in [0.1, 0.15) is 41.7 Å². The molecule has 1 aliphatic rings. The summed E-state index contributed by atoms with van der Waals surface area (Å²) in [6.07, 6.45) is 8.50. The zero-order valence-electron chi connectivity index (χ0n) is 28.9. The third-order valence-corrected chi connectivity index (χ3v) is 10.1. The van der Waals surface area contributed by atoms with E-state index in [2.05, 4.69) is 197 Å². The molecule has 1 aliphatic carbocycles. The average molecular weight is 634 g/mol. The Morgan fingerprint density at radius 3 is 1.98 bits per heavy atom. The Balaban J connectivity index is 1.16. The monoisotopic (exact) mass is 633 g/mol. The molecule has 49 heavy (non-hydrogen) atoms. The number of rotatable bonds is 9. The predicted octanol–water partition coefficient (Wildman–Crippen LogP) is 12.9. The lowest BCUT2D eigenvalue weighted by Gasteiger charge is -2.24. The second-order valence-electron chi connectivity index (χ2n) is 13.5. The summed E-state index contributed by atoms with van der Waals surface area (Å²) < 4.78 is 0. The SMILES string of the molecule is C=C/C=C(\C=C/CN(c1ccccc1)c1ccc(-c2ccc(C)c(-c3ccccc3C)c2)cc1)c1ccc2c(c1)C(C)(C)c1ccccc1-2. The molecule has 6 aromatic carbocycles. The van der Waals surface area contributed by atoms with Crippen LogP contribution in [-0.4, -0.2) is 6.54 Å². The lowest BCUT2D eigenvalue weighted by atomic mass is 9.81. The number of para-hydroxylation sites is 1. The van der Waals surface area contributed by atoms with Gasteiger partial charge in [-0.05, 0) is 117 Å². The first-order valence-corrected chi connectivity index (χ1v) is 17.2. The van der Waals surface area contributed by atoms with Crippen molar-refractivity contribution in [3.63, 3.8) is 0 Å². The number of nitrogens with zero attached hydrogens (tertiary/aromatic N) is 1. The molecule has 0 spiro atoms. The predicted molar refractivity (Wildman–Crippen MR) is 212 cm³/mol. The maximum absolute atomic E-state index is 4.04. The van der Waals surface area contributed by atoms with Crippen LogP contribution in [0.5, 0.6) is 0 Å². The minimum atomic E-state index is -0.0398. The maximum Gasteiger partial charge on any atom is 0.0415 e. The summed E-state index contributed by atoms with van der Waals surface area (Å²) in [5, 5.41) is 0. The minimum Gasteiger partial charge on any atom is -0.338 e. The standard InChI is InChI=1S/C48H43N/c1-6-15-36(39-27-30-44-43-21-12-13-22-46(43)48(4,5)47(44)33-39)17-14-31-49(40-18-8-7-9-19-40)41-28-25-37(26-29-41)38-24-23-35(3)45(32-38)42-20-11-10-16-34(42)2/h6-30,32-33H,1,31H2,2-5H3/b17-14-,36-15+. The van der Waals surface area contributed by atoms with E-state index in [0.717, 1.165) is 23.5 Å².